The van der Waals surface area contributed by atoms with Gasteiger partial charge in [0.15, 0.2) is 0 Å². The minimum absolute atomic E-state index is 0.0313. The standard InChI is InChI=1S/C15H19FN2O3/c1-9(19)13(18-14(20)11-4-5-11)15(21)17-8-10-2-6-12(16)7-3-10/h2-3,6-7,9,11,13,19H,4-5,8H2,1H3,(H,17,21)(H,18,20). The van der Waals surface area contributed by atoms with Crippen LogP contribution in [0.1, 0.15) is 25.3 Å². The molecule has 0 aromatic heterocycles. The molecule has 6 heteroatoms. The number of rotatable bonds is 6. The molecule has 3 N–H and O–H groups in total. The molecule has 1 saturated carbocycles. The number of carbonyl (C=O) groups is 2. The Morgan fingerprint density at radius 3 is 2.48 bits per heavy atom. The lowest BCUT2D eigenvalue weighted by Crippen LogP contribution is -2.52. The van der Waals surface area contributed by atoms with Crippen LogP contribution in [0.15, 0.2) is 24.3 Å². The Kier molecular flexibility index (Phi) is 4.90. The van der Waals surface area contributed by atoms with Crippen LogP contribution in [-0.2, 0) is 16.1 Å². The Morgan fingerprint density at radius 1 is 1.33 bits per heavy atom. The minimum Gasteiger partial charge on any atom is -0.391 e. The molecule has 114 valence electrons. The van der Waals surface area contributed by atoms with Crippen molar-refractivity contribution in [1.29, 1.82) is 0 Å². The summed E-state index contributed by atoms with van der Waals surface area (Å²) in [6.07, 6.45) is 0.673. The Balaban J connectivity index is 1.88. The molecule has 0 spiro atoms. The SMILES string of the molecule is CC(O)C(NC(=O)C1CC1)C(=O)NCc1ccc(F)cc1. The van der Waals surface area contributed by atoms with Crippen LogP contribution in [0.3, 0.4) is 0 Å². The first-order chi connectivity index (χ1) is 9.97. The second kappa shape index (κ2) is 6.67. The Labute approximate surface area is 122 Å². The van der Waals surface area contributed by atoms with Crippen LogP contribution in [0.25, 0.3) is 0 Å². The third-order valence-corrected chi connectivity index (χ3v) is 3.39. The van der Waals surface area contributed by atoms with E-state index in [0.717, 1.165) is 18.4 Å². The number of benzene rings is 1. The molecule has 1 fully saturated rings. The lowest BCUT2D eigenvalue weighted by Gasteiger charge is -2.20. The van der Waals surface area contributed by atoms with Gasteiger partial charge >= 0.3 is 0 Å². The van der Waals surface area contributed by atoms with Crippen molar-refractivity contribution in [2.24, 2.45) is 5.92 Å². The van der Waals surface area contributed by atoms with Crippen molar-refractivity contribution in [3.05, 3.63) is 35.6 Å². The van der Waals surface area contributed by atoms with Crippen molar-refractivity contribution in [2.75, 3.05) is 0 Å². The summed E-state index contributed by atoms with van der Waals surface area (Å²) in [5, 5.41) is 14.8. The highest BCUT2D eigenvalue weighted by molar-refractivity contribution is 5.89. The third kappa shape index (κ3) is 4.53. The first-order valence-electron chi connectivity index (χ1n) is 6.98. The lowest BCUT2D eigenvalue weighted by molar-refractivity contribution is -0.132. The summed E-state index contributed by atoms with van der Waals surface area (Å²) in [4.78, 5) is 23.7. The van der Waals surface area contributed by atoms with Crippen molar-refractivity contribution in [1.82, 2.24) is 10.6 Å². The van der Waals surface area contributed by atoms with Crippen LogP contribution in [0.2, 0.25) is 0 Å². The molecule has 0 aliphatic heterocycles. The van der Waals surface area contributed by atoms with E-state index < -0.39 is 18.1 Å². The van der Waals surface area contributed by atoms with Crippen LogP contribution in [0.5, 0.6) is 0 Å². The average Bonchev–Trinajstić information content (AvgIpc) is 3.27. The zero-order valence-corrected chi connectivity index (χ0v) is 11.8. The van der Waals surface area contributed by atoms with Crippen molar-refractivity contribution < 1.29 is 19.1 Å². The molecule has 21 heavy (non-hydrogen) atoms. The molecule has 2 atom stereocenters. The van der Waals surface area contributed by atoms with E-state index in [1.54, 1.807) is 12.1 Å². The van der Waals surface area contributed by atoms with E-state index in [4.69, 9.17) is 0 Å². The van der Waals surface area contributed by atoms with E-state index >= 15 is 0 Å². The lowest BCUT2D eigenvalue weighted by atomic mass is 10.1. The van der Waals surface area contributed by atoms with Gasteiger partial charge in [0.1, 0.15) is 11.9 Å². The zero-order chi connectivity index (χ0) is 15.4. The van der Waals surface area contributed by atoms with Crippen molar-refractivity contribution in [3.63, 3.8) is 0 Å². The van der Waals surface area contributed by atoms with Crippen LogP contribution < -0.4 is 10.6 Å². The van der Waals surface area contributed by atoms with Gasteiger partial charge < -0.3 is 15.7 Å². The highest BCUT2D eigenvalue weighted by atomic mass is 19.1. The first kappa shape index (κ1) is 15.4. The Morgan fingerprint density at radius 2 is 1.95 bits per heavy atom. The molecule has 1 aliphatic rings. The predicted octanol–water partition coefficient (Wildman–Crippen LogP) is 0.717. The van der Waals surface area contributed by atoms with Gasteiger partial charge in [-0.3, -0.25) is 9.59 Å². The fraction of sp³-hybridized carbons (Fsp3) is 0.467. The van der Waals surface area contributed by atoms with Crippen molar-refractivity contribution in [2.45, 2.75) is 38.5 Å². The van der Waals surface area contributed by atoms with Gasteiger partial charge in [0.05, 0.1) is 6.10 Å². The van der Waals surface area contributed by atoms with Crippen molar-refractivity contribution in [3.8, 4) is 0 Å². The quantitative estimate of drug-likeness (QED) is 0.723. The minimum atomic E-state index is -0.985. The fourth-order valence-electron chi connectivity index (χ4n) is 1.92. The van der Waals surface area contributed by atoms with Crippen LogP contribution in [-0.4, -0.2) is 29.1 Å². The van der Waals surface area contributed by atoms with Crippen LogP contribution in [0.4, 0.5) is 4.39 Å². The smallest absolute Gasteiger partial charge is 0.245 e. The Hall–Kier alpha value is -1.95. The molecule has 0 heterocycles. The third-order valence-electron chi connectivity index (χ3n) is 3.39. The molecule has 2 unspecified atom stereocenters. The van der Waals surface area contributed by atoms with Gasteiger partial charge in [0.25, 0.3) is 0 Å². The number of hydrogen-bond acceptors (Lipinski definition) is 3. The Bertz CT molecular complexity index is 512. The maximum Gasteiger partial charge on any atom is 0.245 e. The number of halogens is 1. The number of aliphatic hydroxyl groups excluding tert-OH is 1. The molecule has 2 rings (SSSR count). The number of amides is 2. The van der Waals surface area contributed by atoms with Gasteiger partial charge in [-0.1, -0.05) is 12.1 Å². The topological polar surface area (TPSA) is 78.4 Å². The van der Waals surface area contributed by atoms with E-state index in [-0.39, 0.29) is 24.2 Å². The van der Waals surface area contributed by atoms with Gasteiger partial charge in [0, 0.05) is 12.5 Å². The van der Waals surface area contributed by atoms with Gasteiger partial charge in [-0.25, -0.2) is 4.39 Å². The number of aliphatic hydroxyl groups is 1. The largest absolute Gasteiger partial charge is 0.391 e. The van der Waals surface area contributed by atoms with E-state index in [2.05, 4.69) is 10.6 Å². The summed E-state index contributed by atoms with van der Waals surface area (Å²) in [5.41, 5.74) is 0.739. The molecular weight excluding hydrogens is 275 g/mol. The summed E-state index contributed by atoms with van der Waals surface area (Å²) < 4.78 is 12.8. The number of nitrogens with one attached hydrogen (secondary N) is 2. The van der Waals surface area contributed by atoms with Gasteiger partial charge in [0.2, 0.25) is 11.8 Å². The zero-order valence-electron chi connectivity index (χ0n) is 11.8. The normalized spacial score (nSPS) is 16.9. The second-order valence-electron chi connectivity index (χ2n) is 5.35. The average molecular weight is 294 g/mol. The maximum atomic E-state index is 12.8. The van der Waals surface area contributed by atoms with Gasteiger partial charge in [-0.15, -0.1) is 0 Å². The van der Waals surface area contributed by atoms with E-state index in [1.165, 1.54) is 19.1 Å². The van der Waals surface area contributed by atoms with E-state index in [0.29, 0.717) is 0 Å². The van der Waals surface area contributed by atoms with Gasteiger partial charge in [-0.05, 0) is 37.5 Å². The number of hydrogen-bond donors (Lipinski definition) is 3. The van der Waals surface area contributed by atoms with E-state index in [1.807, 2.05) is 0 Å². The predicted molar refractivity (Wildman–Crippen MR) is 74.6 cm³/mol. The summed E-state index contributed by atoms with van der Waals surface area (Å²) in [6, 6.07) is 4.77. The molecule has 0 saturated heterocycles. The summed E-state index contributed by atoms with van der Waals surface area (Å²) in [7, 11) is 0. The number of carbonyl (C=O) groups excluding carboxylic acids is 2. The molecule has 1 aromatic rings. The van der Waals surface area contributed by atoms with E-state index in [9.17, 15) is 19.1 Å². The van der Waals surface area contributed by atoms with Crippen LogP contribution >= 0.6 is 0 Å². The van der Waals surface area contributed by atoms with Crippen LogP contribution in [0, 0.1) is 11.7 Å². The fourth-order valence-corrected chi connectivity index (χ4v) is 1.92. The van der Waals surface area contributed by atoms with Gasteiger partial charge in [-0.2, -0.15) is 0 Å². The molecule has 2 amide bonds. The molecule has 0 bridgehead atoms. The summed E-state index contributed by atoms with van der Waals surface area (Å²) >= 11 is 0. The molecule has 5 nitrogen and oxygen atoms in total. The highest BCUT2D eigenvalue weighted by Gasteiger charge is 2.34. The summed E-state index contributed by atoms with van der Waals surface area (Å²) in [6.45, 7) is 1.66. The molecule has 1 aromatic carbocycles. The molecule has 0 radical (unpaired) electrons. The summed E-state index contributed by atoms with van der Waals surface area (Å²) in [5.74, 6) is -1.03. The van der Waals surface area contributed by atoms with Crippen molar-refractivity contribution >= 4 is 11.8 Å². The monoisotopic (exact) mass is 294 g/mol. The molecule has 1 aliphatic carbocycles. The second-order valence-corrected chi connectivity index (χ2v) is 5.35. The first-order valence-corrected chi connectivity index (χ1v) is 6.98. The highest BCUT2D eigenvalue weighted by Crippen LogP contribution is 2.28. The molecular formula is C15H19FN2O3. The maximum absolute atomic E-state index is 12.8.